The third-order valence-corrected chi connectivity index (χ3v) is 1.27. The van der Waals surface area contributed by atoms with E-state index in [1.165, 1.54) is 11.8 Å². The number of hydrogen-bond acceptors (Lipinski definition) is 2. The highest BCUT2D eigenvalue weighted by atomic mass is 32.2. The summed E-state index contributed by atoms with van der Waals surface area (Å²) < 4.78 is 0. The van der Waals surface area contributed by atoms with E-state index in [9.17, 15) is 4.79 Å². The van der Waals surface area contributed by atoms with Crippen molar-refractivity contribution in [3.05, 3.63) is 0 Å². The van der Waals surface area contributed by atoms with Gasteiger partial charge in [0.1, 0.15) is 0 Å². The molecule has 1 radical (unpaired) electrons. The van der Waals surface area contributed by atoms with Crippen LogP contribution in [-0.2, 0) is 4.79 Å². The molecule has 0 aromatic rings. The molecule has 0 aliphatic carbocycles. The summed E-state index contributed by atoms with van der Waals surface area (Å²) in [6.45, 7) is 2.10. The van der Waals surface area contributed by atoms with Crippen LogP contribution in [0.4, 0.5) is 0 Å². The number of unbranched alkanes of at least 4 members (excludes halogenated alkanes) is 1. The SMILES string of the molecule is CCCCS[C]=O. The predicted molar refractivity (Wildman–Crippen MR) is 33.1 cm³/mol. The van der Waals surface area contributed by atoms with Gasteiger partial charge in [-0.25, -0.2) is 0 Å². The molecule has 0 aromatic heterocycles. The van der Waals surface area contributed by atoms with E-state index in [0.29, 0.717) is 0 Å². The van der Waals surface area contributed by atoms with Crippen LogP contribution < -0.4 is 0 Å². The van der Waals surface area contributed by atoms with Gasteiger partial charge in [-0.1, -0.05) is 25.1 Å². The van der Waals surface area contributed by atoms with Crippen molar-refractivity contribution in [2.75, 3.05) is 5.75 Å². The maximum absolute atomic E-state index is 9.52. The van der Waals surface area contributed by atoms with Gasteiger partial charge in [0, 0.05) is 5.75 Å². The number of thioether (sulfide) groups is 1. The fourth-order valence-corrected chi connectivity index (χ4v) is 0.775. The number of rotatable bonds is 4. The second kappa shape index (κ2) is 6.02. The summed E-state index contributed by atoms with van der Waals surface area (Å²) in [5.41, 5.74) is 1.77. The Morgan fingerprint density at radius 2 is 2.43 bits per heavy atom. The Morgan fingerprint density at radius 1 is 1.71 bits per heavy atom. The van der Waals surface area contributed by atoms with Crippen molar-refractivity contribution < 1.29 is 4.79 Å². The Bertz CT molecular complexity index is 45.3. The molecule has 0 fully saturated rings. The summed E-state index contributed by atoms with van der Waals surface area (Å²) in [7, 11) is 0. The minimum atomic E-state index is 0.931. The second-order valence-electron chi connectivity index (χ2n) is 1.29. The molecule has 7 heavy (non-hydrogen) atoms. The molecule has 2 heteroatoms. The van der Waals surface area contributed by atoms with Crippen LogP contribution >= 0.6 is 11.8 Å². The zero-order chi connectivity index (χ0) is 5.54. The molecule has 0 spiro atoms. The van der Waals surface area contributed by atoms with Gasteiger partial charge in [0.15, 0.2) is 0 Å². The van der Waals surface area contributed by atoms with Crippen LogP contribution in [0.1, 0.15) is 19.8 Å². The lowest BCUT2D eigenvalue weighted by Crippen LogP contribution is -1.74. The van der Waals surface area contributed by atoms with Gasteiger partial charge < -0.3 is 0 Å². The van der Waals surface area contributed by atoms with E-state index < -0.39 is 0 Å². The van der Waals surface area contributed by atoms with E-state index in [0.717, 1.165) is 18.6 Å². The van der Waals surface area contributed by atoms with Crippen molar-refractivity contribution in [2.45, 2.75) is 19.8 Å². The molecule has 41 valence electrons. The minimum absolute atomic E-state index is 0.931. The summed E-state index contributed by atoms with van der Waals surface area (Å²) in [6, 6.07) is 0. The van der Waals surface area contributed by atoms with E-state index in [2.05, 4.69) is 6.92 Å². The molecule has 0 bridgehead atoms. The lowest BCUT2D eigenvalue weighted by Gasteiger charge is -1.84. The molecule has 0 aliphatic rings. The normalized spacial score (nSPS) is 8.71. The van der Waals surface area contributed by atoms with Gasteiger partial charge in [0.05, 0.1) is 0 Å². The quantitative estimate of drug-likeness (QED) is 0.520. The summed E-state index contributed by atoms with van der Waals surface area (Å²) in [6.07, 6.45) is 2.29. The first-order chi connectivity index (χ1) is 3.41. The van der Waals surface area contributed by atoms with Crippen molar-refractivity contribution in [3.8, 4) is 0 Å². The van der Waals surface area contributed by atoms with Gasteiger partial charge in [-0.05, 0) is 6.42 Å². The van der Waals surface area contributed by atoms with Gasteiger partial charge in [-0.3, -0.25) is 4.79 Å². The monoisotopic (exact) mass is 117 g/mol. The molecule has 0 N–H and O–H groups in total. The average Bonchev–Trinajstić information content (AvgIpc) is 1.69. The van der Waals surface area contributed by atoms with E-state index >= 15 is 0 Å². The van der Waals surface area contributed by atoms with Crippen molar-refractivity contribution in [1.29, 1.82) is 0 Å². The molecule has 0 rings (SSSR count). The van der Waals surface area contributed by atoms with Crippen LogP contribution in [0.15, 0.2) is 0 Å². The molecule has 0 heterocycles. The Balaban J connectivity index is 2.56. The molecule has 1 nitrogen and oxygen atoms in total. The lowest BCUT2D eigenvalue weighted by atomic mass is 10.4. The largest absolute Gasteiger partial charge is 0.277 e. The minimum Gasteiger partial charge on any atom is -0.277 e. The third kappa shape index (κ3) is 6.02. The van der Waals surface area contributed by atoms with E-state index in [-0.39, 0.29) is 0 Å². The Labute approximate surface area is 48.5 Å². The maximum atomic E-state index is 9.52. The molecule has 0 amide bonds. The standard InChI is InChI=1S/C5H9OS/c1-2-3-4-7-5-6/h2-4H2,1H3. The fraction of sp³-hybridized carbons (Fsp3) is 0.800. The molecule has 0 aliphatic heterocycles. The smallest absolute Gasteiger partial charge is 0.266 e. The first-order valence-corrected chi connectivity index (χ1v) is 3.39. The summed E-state index contributed by atoms with van der Waals surface area (Å²) in [5.74, 6) is 0.931. The molecule has 0 unspecified atom stereocenters. The zero-order valence-electron chi connectivity index (χ0n) is 4.44. The third-order valence-electron chi connectivity index (χ3n) is 0.659. The average molecular weight is 117 g/mol. The Morgan fingerprint density at radius 3 is 2.86 bits per heavy atom. The summed E-state index contributed by atoms with van der Waals surface area (Å²) in [4.78, 5) is 9.52. The number of hydrogen-bond donors (Lipinski definition) is 0. The predicted octanol–water partition coefficient (Wildman–Crippen LogP) is 1.59. The van der Waals surface area contributed by atoms with Gasteiger partial charge in [0.25, 0.3) is 5.62 Å². The van der Waals surface area contributed by atoms with Gasteiger partial charge >= 0.3 is 0 Å². The highest BCUT2D eigenvalue weighted by molar-refractivity contribution is 8.11. The first-order valence-electron chi connectivity index (χ1n) is 2.40. The maximum Gasteiger partial charge on any atom is 0.266 e. The highest BCUT2D eigenvalue weighted by Crippen LogP contribution is 1.97. The lowest BCUT2D eigenvalue weighted by molar-refractivity contribution is 0.570. The van der Waals surface area contributed by atoms with E-state index in [1.54, 1.807) is 5.62 Å². The molecular weight excluding hydrogens is 108 g/mol. The Hall–Kier alpha value is 0.0200. The van der Waals surface area contributed by atoms with Crippen molar-refractivity contribution in [1.82, 2.24) is 0 Å². The van der Waals surface area contributed by atoms with Crippen LogP contribution in [0.5, 0.6) is 0 Å². The van der Waals surface area contributed by atoms with Gasteiger partial charge in [0.2, 0.25) is 0 Å². The molecule has 0 atom stereocenters. The van der Waals surface area contributed by atoms with Crippen LogP contribution in [0.2, 0.25) is 0 Å². The van der Waals surface area contributed by atoms with Crippen LogP contribution in [-0.4, -0.2) is 11.4 Å². The number of carbonyl (C=O) groups excluding carboxylic acids is 1. The van der Waals surface area contributed by atoms with E-state index in [4.69, 9.17) is 0 Å². The van der Waals surface area contributed by atoms with Crippen molar-refractivity contribution in [2.24, 2.45) is 0 Å². The second-order valence-corrected chi connectivity index (χ2v) is 2.15. The molecule has 0 aromatic carbocycles. The first kappa shape index (κ1) is 7.02. The van der Waals surface area contributed by atoms with E-state index in [1.807, 2.05) is 0 Å². The van der Waals surface area contributed by atoms with Crippen molar-refractivity contribution >= 4 is 17.4 Å². The fourth-order valence-electron chi connectivity index (χ4n) is 0.258. The molecular formula is C5H9OS. The highest BCUT2D eigenvalue weighted by Gasteiger charge is 1.81. The molecule has 0 saturated carbocycles. The zero-order valence-corrected chi connectivity index (χ0v) is 5.25. The van der Waals surface area contributed by atoms with Crippen LogP contribution in [0, 0.1) is 0 Å². The van der Waals surface area contributed by atoms with Crippen molar-refractivity contribution in [3.63, 3.8) is 0 Å². The Kier molecular flexibility index (Phi) is 6.04. The van der Waals surface area contributed by atoms with Gasteiger partial charge in [-0.15, -0.1) is 0 Å². The molecule has 0 saturated heterocycles. The summed E-state index contributed by atoms with van der Waals surface area (Å²) in [5, 5.41) is 0. The topological polar surface area (TPSA) is 17.1 Å². The van der Waals surface area contributed by atoms with Crippen LogP contribution in [0.3, 0.4) is 0 Å². The van der Waals surface area contributed by atoms with Gasteiger partial charge in [-0.2, -0.15) is 0 Å². The summed E-state index contributed by atoms with van der Waals surface area (Å²) >= 11 is 1.23. The van der Waals surface area contributed by atoms with Crippen LogP contribution in [0.25, 0.3) is 0 Å².